The van der Waals surface area contributed by atoms with Gasteiger partial charge in [0.15, 0.2) is 5.43 Å². The van der Waals surface area contributed by atoms with E-state index in [9.17, 15) is 4.79 Å². The van der Waals surface area contributed by atoms with Crippen LogP contribution < -0.4 is 5.43 Å². The molecule has 1 N–H and O–H groups in total. The summed E-state index contributed by atoms with van der Waals surface area (Å²) < 4.78 is 0. The predicted octanol–water partition coefficient (Wildman–Crippen LogP) is 2.45. The Balaban J connectivity index is 2.19. The summed E-state index contributed by atoms with van der Waals surface area (Å²) in [6.07, 6.45) is 0.794. The Morgan fingerprint density at radius 1 is 1.06 bits per heavy atom. The first kappa shape index (κ1) is 9.59. The summed E-state index contributed by atoms with van der Waals surface area (Å²) in [4.78, 5) is 19.8. The maximum atomic E-state index is 12.0. The number of hydrogen-bond acceptors (Lipinski definition) is 2. The van der Waals surface area contributed by atoms with Crippen LogP contribution in [0.25, 0.3) is 22.5 Å². The lowest BCUT2D eigenvalue weighted by Crippen LogP contribution is -2.15. The maximum Gasteiger partial charge on any atom is 0.190 e. The summed E-state index contributed by atoms with van der Waals surface area (Å²) in [6, 6.07) is 13.4. The van der Waals surface area contributed by atoms with Gasteiger partial charge in [-0.25, -0.2) is 4.98 Å². The summed E-state index contributed by atoms with van der Waals surface area (Å²) in [5, 5.41) is 0. The van der Waals surface area contributed by atoms with E-state index in [1.54, 1.807) is 12.1 Å². The van der Waals surface area contributed by atoms with E-state index in [0.29, 0.717) is 5.56 Å². The standard InChI is InChI=1S/C15H10N2O/c18-12-7-3-6-11-14(12)15-10-5-2-1-4-9(10)8-13(16-11)17-15/h1-7H,8H2,(H,16,17). The van der Waals surface area contributed by atoms with Crippen molar-refractivity contribution in [3.63, 3.8) is 0 Å². The Labute approximate surface area is 103 Å². The topological polar surface area (TPSA) is 45.8 Å². The number of nitrogens with one attached hydrogen (secondary N) is 1. The fraction of sp³-hybridized carbons (Fsp3) is 0.0667. The summed E-state index contributed by atoms with van der Waals surface area (Å²) in [5.74, 6) is 0.918. The minimum absolute atomic E-state index is 0.0227. The molecule has 2 bridgehead atoms. The van der Waals surface area contributed by atoms with Crippen LogP contribution in [0.4, 0.5) is 0 Å². The van der Waals surface area contributed by atoms with Crippen molar-refractivity contribution in [1.29, 1.82) is 0 Å². The van der Waals surface area contributed by atoms with Crippen LogP contribution in [0.3, 0.4) is 0 Å². The molecule has 0 atom stereocenters. The van der Waals surface area contributed by atoms with E-state index in [4.69, 9.17) is 0 Å². The fourth-order valence-electron chi connectivity index (χ4n) is 2.62. The van der Waals surface area contributed by atoms with Gasteiger partial charge in [-0.15, -0.1) is 0 Å². The molecular weight excluding hydrogens is 224 g/mol. The highest BCUT2D eigenvalue weighted by molar-refractivity contribution is 5.82. The molecule has 1 aromatic carbocycles. The van der Waals surface area contributed by atoms with Crippen molar-refractivity contribution < 1.29 is 0 Å². The molecule has 4 rings (SSSR count). The zero-order valence-corrected chi connectivity index (χ0v) is 9.60. The highest BCUT2D eigenvalue weighted by Crippen LogP contribution is 2.34. The van der Waals surface area contributed by atoms with Crippen molar-refractivity contribution >= 4 is 0 Å². The van der Waals surface area contributed by atoms with Gasteiger partial charge in [-0.05, 0) is 17.7 Å². The number of fused-ring (bicyclic) bond motifs is 6. The summed E-state index contributed by atoms with van der Waals surface area (Å²) in [6.45, 7) is 0. The average molecular weight is 234 g/mol. The molecule has 2 aliphatic heterocycles. The van der Waals surface area contributed by atoms with Gasteiger partial charge in [-0.3, -0.25) is 4.79 Å². The first-order valence-corrected chi connectivity index (χ1v) is 5.93. The molecule has 0 amide bonds. The number of aromatic amines is 1. The number of benzene rings is 2. The number of hydrogen-bond donors (Lipinski definition) is 1. The Hall–Kier alpha value is -2.42. The number of rotatable bonds is 0. The molecule has 3 nitrogen and oxygen atoms in total. The van der Waals surface area contributed by atoms with Gasteiger partial charge >= 0.3 is 0 Å². The van der Waals surface area contributed by atoms with Crippen LogP contribution in [-0.4, -0.2) is 9.97 Å². The van der Waals surface area contributed by atoms with E-state index < -0.39 is 0 Å². The minimum Gasteiger partial charge on any atom is -0.343 e. The van der Waals surface area contributed by atoms with Gasteiger partial charge in [0.25, 0.3) is 0 Å². The van der Waals surface area contributed by atoms with Gasteiger partial charge in [-0.1, -0.05) is 30.3 Å². The van der Waals surface area contributed by atoms with E-state index in [0.717, 1.165) is 29.2 Å². The van der Waals surface area contributed by atoms with Gasteiger partial charge in [0.1, 0.15) is 5.82 Å². The van der Waals surface area contributed by atoms with E-state index in [1.165, 1.54) is 5.56 Å². The quantitative estimate of drug-likeness (QED) is 0.508. The number of H-pyrrole nitrogens is 1. The van der Waals surface area contributed by atoms with Crippen molar-refractivity contribution in [3.8, 4) is 22.5 Å². The number of nitrogens with zero attached hydrogens (tertiary/aromatic N) is 1. The molecule has 0 unspecified atom stereocenters. The Morgan fingerprint density at radius 3 is 2.89 bits per heavy atom. The molecule has 0 radical (unpaired) electrons. The molecule has 0 saturated carbocycles. The van der Waals surface area contributed by atoms with Crippen LogP contribution in [0, 0.1) is 0 Å². The molecule has 0 spiro atoms. The van der Waals surface area contributed by atoms with Crippen LogP contribution in [0.5, 0.6) is 0 Å². The summed E-state index contributed by atoms with van der Waals surface area (Å²) in [7, 11) is 0. The average Bonchev–Trinajstić information content (AvgIpc) is 2.38. The second-order valence-corrected chi connectivity index (χ2v) is 4.54. The van der Waals surface area contributed by atoms with E-state index in [-0.39, 0.29) is 5.43 Å². The lowest BCUT2D eigenvalue weighted by molar-refractivity contribution is 0.947. The minimum atomic E-state index is 0.0227. The van der Waals surface area contributed by atoms with Crippen molar-refractivity contribution in [3.05, 3.63) is 64.1 Å². The normalized spacial score (nSPS) is 12.4. The van der Waals surface area contributed by atoms with Crippen molar-refractivity contribution in [2.75, 3.05) is 0 Å². The summed E-state index contributed by atoms with van der Waals surface area (Å²) in [5.41, 5.74) is 4.69. The highest BCUT2D eigenvalue weighted by atomic mass is 16.1. The van der Waals surface area contributed by atoms with E-state index >= 15 is 0 Å². The van der Waals surface area contributed by atoms with E-state index in [2.05, 4.69) is 16.0 Å². The zero-order chi connectivity index (χ0) is 12.1. The Morgan fingerprint density at radius 2 is 1.94 bits per heavy atom. The third-order valence-electron chi connectivity index (χ3n) is 3.42. The van der Waals surface area contributed by atoms with Crippen LogP contribution >= 0.6 is 0 Å². The second-order valence-electron chi connectivity index (χ2n) is 4.54. The third kappa shape index (κ3) is 1.19. The monoisotopic (exact) mass is 234 g/mol. The molecule has 1 aromatic rings. The maximum absolute atomic E-state index is 12.0. The van der Waals surface area contributed by atoms with Gasteiger partial charge in [0.05, 0.1) is 17.0 Å². The van der Waals surface area contributed by atoms with Crippen molar-refractivity contribution in [1.82, 2.24) is 9.97 Å². The molecule has 1 aliphatic carbocycles. The summed E-state index contributed by atoms with van der Waals surface area (Å²) >= 11 is 0. The second kappa shape index (κ2) is 3.29. The molecule has 18 heavy (non-hydrogen) atoms. The van der Waals surface area contributed by atoms with Crippen molar-refractivity contribution in [2.24, 2.45) is 0 Å². The molecule has 3 aliphatic rings. The molecule has 2 heterocycles. The molecule has 0 saturated heterocycles. The van der Waals surface area contributed by atoms with Crippen LogP contribution in [-0.2, 0) is 6.42 Å². The SMILES string of the molecule is O=c1cccc2[nH]c3nc(c1-2)-c1ccccc1C3. The lowest BCUT2D eigenvalue weighted by Gasteiger charge is -2.20. The molecular formula is C15H10N2O. The van der Waals surface area contributed by atoms with Crippen LogP contribution in [0.1, 0.15) is 11.4 Å². The first-order chi connectivity index (χ1) is 8.83. The Kier molecular flexibility index (Phi) is 1.75. The predicted molar refractivity (Wildman–Crippen MR) is 69.7 cm³/mol. The third-order valence-corrected chi connectivity index (χ3v) is 3.42. The molecule has 86 valence electrons. The molecule has 3 heteroatoms. The molecule has 0 aromatic heterocycles. The van der Waals surface area contributed by atoms with Gasteiger partial charge < -0.3 is 4.98 Å². The first-order valence-electron chi connectivity index (χ1n) is 5.93. The lowest BCUT2D eigenvalue weighted by atomic mass is 9.93. The highest BCUT2D eigenvalue weighted by Gasteiger charge is 2.22. The van der Waals surface area contributed by atoms with Gasteiger partial charge in [0, 0.05) is 12.0 Å². The smallest absolute Gasteiger partial charge is 0.190 e. The Bertz CT molecular complexity index is 789. The van der Waals surface area contributed by atoms with Gasteiger partial charge in [0.2, 0.25) is 0 Å². The van der Waals surface area contributed by atoms with E-state index in [1.807, 2.05) is 24.3 Å². The van der Waals surface area contributed by atoms with Gasteiger partial charge in [-0.2, -0.15) is 0 Å². The van der Waals surface area contributed by atoms with Crippen LogP contribution in [0.2, 0.25) is 0 Å². The number of aromatic nitrogens is 2. The fourth-order valence-corrected chi connectivity index (χ4v) is 2.62. The largest absolute Gasteiger partial charge is 0.343 e. The van der Waals surface area contributed by atoms with Crippen molar-refractivity contribution in [2.45, 2.75) is 6.42 Å². The van der Waals surface area contributed by atoms with Crippen LogP contribution in [0.15, 0.2) is 47.3 Å². The molecule has 0 fully saturated rings. The zero-order valence-electron chi connectivity index (χ0n) is 9.60.